The molecule has 33 heavy (non-hydrogen) atoms. The number of aromatic hydroxyl groups is 2. The summed E-state index contributed by atoms with van der Waals surface area (Å²) in [6.07, 6.45) is 1.26. The van der Waals surface area contributed by atoms with Gasteiger partial charge in [0.2, 0.25) is 0 Å². The van der Waals surface area contributed by atoms with Crippen molar-refractivity contribution in [1.82, 2.24) is 0 Å². The van der Waals surface area contributed by atoms with Crippen molar-refractivity contribution in [2.75, 3.05) is 26.5 Å². The van der Waals surface area contributed by atoms with Gasteiger partial charge in [-0.3, -0.25) is 4.57 Å². The molecule has 178 valence electrons. The number of ether oxygens (including phenoxy) is 1. The highest BCUT2D eigenvalue weighted by molar-refractivity contribution is 7.92. The van der Waals surface area contributed by atoms with Gasteiger partial charge in [-0.25, -0.2) is 8.42 Å². The van der Waals surface area contributed by atoms with Gasteiger partial charge in [-0.2, -0.15) is 0 Å². The fraction of sp³-hybridized carbons (Fsp3) is 0.455. The molecule has 2 aromatic rings. The summed E-state index contributed by atoms with van der Waals surface area (Å²) in [4.78, 5) is 0.0448. The third kappa shape index (κ3) is 3.32. The predicted octanol–water partition coefficient (Wildman–Crippen LogP) is 4.47. The Morgan fingerprint density at radius 1 is 1.03 bits per heavy atom. The lowest BCUT2D eigenvalue weighted by atomic mass is 9.59. The van der Waals surface area contributed by atoms with Gasteiger partial charge < -0.3 is 24.0 Å². The predicted molar refractivity (Wildman–Crippen MR) is 121 cm³/mol. The third-order valence-corrected chi connectivity index (χ3v) is 11.2. The monoisotopic (exact) mass is 514 g/mol. The van der Waals surface area contributed by atoms with E-state index in [2.05, 4.69) is 0 Å². The third-order valence-electron chi connectivity index (χ3n) is 7.23. The zero-order chi connectivity index (χ0) is 23.6. The Kier molecular flexibility index (Phi) is 5.31. The van der Waals surface area contributed by atoms with Gasteiger partial charge in [0.15, 0.2) is 21.3 Å². The standard InChI is InChI=1S/C22H24ClO8PS/c1-32(26)30-12-21(13-31-32)9-2-10-22(33(27,28)15-5-3-14(23)4-6-15)18(21)11-29-20-17(25)8-7-16(24)19(20)22/h3-8,18,24-25H,2,9-13H2,1H3/t18-,21-,22-,32+/m0/s1. The van der Waals surface area contributed by atoms with Crippen molar-refractivity contribution in [3.05, 3.63) is 47.0 Å². The quantitative estimate of drug-likeness (QED) is 0.445. The van der Waals surface area contributed by atoms with Gasteiger partial charge in [-0.1, -0.05) is 18.0 Å². The number of hydrogen-bond donors (Lipinski definition) is 2. The van der Waals surface area contributed by atoms with Gasteiger partial charge >= 0.3 is 7.60 Å². The number of phenols is 2. The Morgan fingerprint density at radius 2 is 1.67 bits per heavy atom. The molecule has 0 aromatic heterocycles. The Balaban J connectivity index is 1.78. The minimum atomic E-state index is -4.15. The average molecular weight is 515 g/mol. The number of rotatable bonds is 2. The molecule has 2 heterocycles. The van der Waals surface area contributed by atoms with Crippen LogP contribution in [0, 0.1) is 11.3 Å². The van der Waals surface area contributed by atoms with Gasteiger partial charge in [-0.15, -0.1) is 0 Å². The molecule has 8 nitrogen and oxygen atoms in total. The SMILES string of the molecule is C[P@]1(=O)OC[C@]2(CCC[C@@]3(S(=O)(=O)c4ccc(Cl)cc4)c4c(O)ccc(O)c4OC[C@@H]23)CO1. The maximum Gasteiger partial charge on any atom is 0.327 e. The van der Waals surface area contributed by atoms with Crippen LogP contribution >= 0.6 is 19.2 Å². The first-order chi connectivity index (χ1) is 15.5. The maximum atomic E-state index is 14.4. The Labute approximate surface area is 196 Å². The molecule has 1 saturated carbocycles. The van der Waals surface area contributed by atoms with E-state index in [4.69, 9.17) is 25.4 Å². The van der Waals surface area contributed by atoms with Gasteiger partial charge in [0.05, 0.1) is 30.3 Å². The summed E-state index contributed by atoms with van der Waals surface area (Å²) in [5.74, 6) is -1.26. The van der Waals surface area contributed by atoms with Crippen LogP contribution in [0.25, 0.3) is 0 Å². The van der Waals surface area contributed by atoms with E-state index in [0.717, 1.165) is 0 Å². The van der Waals surface area contributed by atoms with Crippen molar-refractivity contribution >= 4 is 29.0 Å². The first-order valence-electron chi connectivity index (χ1n) is 10.6. The van der Waals surface area contributed by atoms with Crippen LogP contribution in [0.1, 0.15) is 24.8 Å². The van der Waals surface area contributed by atoms with Gasteiger partial charge in [0, 0.05) is 23.0 Å². The number of hydrogen-bond acceptors (Lipinski definition) is 8. The minimum Gasteiger partial charge on any atom is -0.507 e. The van der Waals surface area contributed by atoms with E-state index in [9.17, 15) is 23.2 Å². The maximum absolute atomic E-state index is 14.4. The summed E-state index contributed by atoms with van der Waals surface area (Å²) in [6.45, 7) is 1.43. The number of benzene rings is 2. The van der Waals surface area contributed by atoms with Crippen LogP contribution in [0.3, 0.4) is 0 Å². The summed E-state index contributed by atoms with van der Waals surface area (Å²) in [6, 6.07) is 8.43. The summed E-state index contributed by atoms with van der Waals surface area (Å²) in [5, 5.41) is 21.8. The van der Waals surface area contributed by atoms with Crippen LogP contribution in [0.5, 0.6) is 17.2 Å². The van der Waals surface area contributed by atoms with Crippen molar-refractivity contribution in [2.24, 2.45) is 11.3 Å². The molecule has 2 fully saturated rings. The van der Waals surface area contributed by atoms with Crippen LogP contribution in [0.2, 0.25) is 5.02 Å². The molecule has 0 amide bonds. The minimum absolute atomic E-state index is 0.0398. The first kappa shape index (κ1) is 23.0. The number of fused-ring (bicyclic) bond motifs is 4. The van der Waals surface area contributed by atoms with Crippen molar-refractivity contribution in [3.63, 3.8) is 0 Å². The Bertz CT molecular complexity index is 1250. The largest absolute Gasteiger partial charge is 0.507 e. The topological polar surface area (TPSA) is 119 Å². The molecule has 0 unspecified atom stereocenters. The normalized spacial score (nSPS) is 33.7. The lowest BCUT2D eigenvalue weighted by molar-refractivity contribution is -0.0838. The van der Waals surface area contributed by atoms with E-state index in [-0.39, 0.29) is 53.9 Å². The van der Waals surface area contributed by atoms with Crippen LogP contribution in [-0.4, -0.2) is 45.1 Å². The molecule has 2 atom stereocenters. The van der Waals surface area contributed by atoms with Gasteiger partial charge in [-0.05, 0) is 49.2 Å². The highest BCUT2D eigenvalue weighted by Gasteiger charge is 2.66. The fourth-order valence-electron chi connectivity index (χ4n) is 5.64. The van der Waals surface area contributed by atoms with Gasteiger partial charge in [0.1, 0.15) is 10.5 Å². The van der Waals surface area contributed by atoms with E-state index >= 15 is 0 Å². The van der Waals surface area contributed by atoms with Crippen molar-refractivity contribution in [3.8, 4) is 17.2 Å². The summed E-state index contributed by atoms with van der Waals surface area (Å²) >= 11 is 6.01. The van der Waals surface area contributed by atoms with Crippen LogP contribution < -0.4 is 4.74 Å². The van der Waals surface area contributed by atoms with Crippen LogP contribution in [0.15, 0.2) is 41.3 Å². The zero-order valence-corrected chi connectivity index (χ0v) is 20.3. The number of sulfone groups is 1. The van der Waals surface area contributed by atoms with Crippen molar-refractivity contribution < 1.29 is 37.0 Å². The Morgan fingerprint density at radius 3 is 2.33 bits per heavy atom. The molecule has 1 aliphatic carbocycles. The highest BCUT2D eigenvalue weighted by Crippen LogP contribution is 2.66. The van der Waals surface area contributed by atoms with Gasteiger partial charge in [0.25, 0.3) is 0 Å². The second kappa shape index (κ2) is 7.62. The molecule has 11 heteroatoms. The van der Waals surface area contributed by atoms with E-state index in [1.54, 1.807) is 0 Å². The highest BCUT2D eigenvalue weighted by atomic mass is 35.5. The second-order valence-electron chi connectivity index (χ2n) is 9.05. The van der Waals surface area contributed by atoms with E-state index in [0.29, 0.717) is 17.9 Å². The molecule has 0 bridgehead atoms. The second-order valence-corrected chi connectivity index (χ2v) is 13.8. The molecule has 0 radical (unpaired) electrons. The van der Waals surface area contributed by atoms with Crippen molar-refractivity contribution in [1.29, 1.82) is 0 Å². The van der Waals surface area contributed by atoms with Crippen LogP contribution in [0.4, 0.5) is 0 Å². The van der Waals surface area contributed by atoms with E-state index in [1.165, 1.54) is 43.1 Å². The molecular weight excluding hydrogens is 491 g/mol. The molecule has 1 spiro atoms. The average Bonchev–Trinajstić information content (AvgIpc) is 2.78. The molecule has 2 aromatic carbocycles. The molecule has 2 N–H and O–H groups in total. The zero-order valence-electron chi connectivity index (χ0n) is 17.9. The lowest BCUT2D eigenvalue weighted by Crippen LogP contribution is -2.61. The van der Waals surface area contributed by atoms with E-state index < -0.39 is 33.5 Å². The molecule has 3 aliphatic rings. The Hall–Kier alpha value is -1.77. The molecule has 2 aliphatic heterocycles. The summed E-state index contributed by atoms with van der Waals surface area (Å²) in [5.41, 5.74) is -0.768. The lowest BCUT2D eigenvalue weighted by Gasteiger charge is -2.57. The summed E-state index contributed by atoms with van der Waals surface area (Å²) < 4.78 is 56.6. The molecule has 5 rings (SSSR count). The first-order valence-corrected chi connectivity index (χ1v) is 14.4. The van der Waals surface area contributed by atoms with Crippen LogP contribution in [-0.2, 0) is 28.2 Å². The number of halogens is 1. The van der Waals surface area contributed by atoms with E-state index in [1.807, 2.05) is 0 Å². The summed E-state index contributed by atoms with van der Waals surface area (Å²) in [7, 11) is -7.38. The molecule has 1 saturated heterocycles. The van der Waals surface area contributed by atoms with Crippen molar-refractivity contribution in [2.45, 2.75) is 28.9 Å². The smallest absolute Gasteiger partial charge is 0.327 e. The number of phenolic OH excluding ortho intramolecular Hbond substituents is 2. The fourth-order valence-corrected chi connectivity index (χ4v) is 9.31. The molecular formula is C22H24ClO8PS.